The van der Waals surface area contributed by atoms with Crippen LogP contribution in [0.3, 0.4) is 0 Å². The van der Waals surface area contributed by atoms with Gasteiger partial charge in [0, 0.05) is 47.4 Å². The van der Waals surface area contributed by atoms with Crippen molar-refractivity contribution in [2.75, 3.05) is 54.0 Å². The van der Waals surface area contributed by atoms with Gasteiger partial charge in [-0.25, -0.2) is 4.99 Å². The van der Waals surface area contributed by atoms with E-state index in [2.05, 4.69) is 39.5 Å². The molecule has 2 rings (SSSR count). The number of hydrogen-bond donors (Lipinski definition) is 1. The van der Waals surface area contributed by atoms with Gasteiger partial charge in [0.15, 0.2) is 5.96 Å². The van der Waals surface area contributed by atoms with E-state index in [-0.39, 0.29) is 12.5 Å². The average molecular weight is 361 g/mol. The highest BCUT2D eigenvalue weighted by molar-refractivity contribution is 5.84. The Bertz CT molecular complexity index is 568. The van der Waals surface area contributed by atoms with Crippen LogP contribution in [-0.2, 0) is 16.0 Å². The van der Waals surface area contributed by atoms with Gasteiger partial charge in [0.25, 0.3) is 0 Å². The van der Waals surface area contributed by atoms with Crippen LogP contribution < -0.4 is 5.32 Å². The molecule has 1 saturated heterocycles. The molecule has 0 unspecified atom stereocenters. The molecule has 0 saturated carbocycles. The zero-order valence-electron chi connectivity index (χ0n) is 16.3. The van der Waals surface area contributed by atoms with Crippen LogP contribution in [0, 0.1) is 5.92 Å². The molecule has 1 fully saturated rings. The first-order valence-electron chi connectivity index (χ1n) is 9.37. The van der Waals surface area contributed by atoms with Crippen LogP contribution in [0.5, 0.6) is 0 Å². The Morgan fingerprint density at radius 2 is 1.88 bits per heavy atom. The zero-order valence-corrected chi connectivity index (χ0v) is 16.3. The number of carbonyl (C=O) groups is 1. The molecular formula is C20H32N4O2. The second-order valence-electron chi connectivity index (χ2n) is 7.03. The molecule has 6 heteroatoms. The van der Waals surface area contributed by atoms with Crippen molar-refractivity contribution < 1.29 is 9.53 Å². The molecule has 1 aliphatic rings. The van der Waals surface area contributed by atoms with Gasteiger partial charge < -0.3 is 19.9 Å². The Labute approximate surface area is 157 Å². The molecule has 0 bridgehead atoms. The predicted molar refractivity (Wildman–Crippen MR) is 105 cm³/mol. The SMILES string of the molecule is CN(C)C(=O)CN=C(NCCc1ccccc1)N(C)CC1CCOCC1. The van der Waals surface area contributed by atoms with Crippen LogP contribution >= 0.6 is 0 Å². The summed E-state index contributed by atoms with van der Waals surface area (Å²) < 4.78 is 5.45. The van der Waals surface area contributed by atoms with Crippen molar-refractivity contribution in [2.24, 2.45) is 10.9 Å². The Morgan fingerprint density at radius 1 is 1.19 bits per heavy atom. The Kier molecular flexibility index (Phi) is 8.41. The Morgan fingerprint density at radius 3 is 2.54 bits per heavy atom. The van der Waals surface area contributed by atoms with E-state index in [4.69, 9.17) is 4.74 Å². The van der Waals surface area contributed by atoms with Gasteiger partial charge >= 0.3 is 0 Å². The van der Waals surface area contributed by atoms with Gasteiger partial charge in [-0.2, -0.15) is 0 Å². The third-order valence-corrected chi connectivity index (χ3v) is 4.64. The molecule has 1 aliphatic heterocycles. The van der Waals surface area contributed by atoms with E-state index in [9.17, 15) is 4.79 Å². The maximum Gasteiger partial charge on any atom is 0.243 e. The molecule has 0 aromatic heterocycles. The van der Waals surface area contributed by atoms with Crippen LogP contribution in [0.4, 0.5) is 0 Å². The van der Waals surface area contributed by atoms with Crippen molar-refractivity contribution in [3.63, 3.8) is 0 Å². The fourth-order valence-electron chi connectivity index (χ4n) is 2.96. The van der Waals surface area contributed by atoms with E-state index in [1.165, 1.54) is 5.56 Å². The van der Waals surface area contributed by atoms with Crippen LogP contribution in [0.15, 0.2) is 35.3 Å². The molecule has 1 aromatic rings. The number of ether oxygens (including phenoxy) is 1. The standard InChI is InChI=1S/C20H32N4O2/c1-23(2)19(25)15-22-20(21-12-9-17-7-5-4-6-8-17)24(3)16-18-10-13-26-14-11-18/h4-8,18H,9-16H2,1-3H3,(H,21,22). The highest BCUT2D eigenvalue weighted by Crippen LogP contribution is 2.15. The first-order valence-corrected chi connectivity index (χ1v) is 9.37. The summed E-state index contributed by atoms with van der Waals surface area (Å²) in [4.78, 5) is 20.2. The summed E-state index contributed by atoms with van der Waals surface area (Å²) in [5.41, 5.74) is 1.29. The van der Waals surface area contributed by atoms with Gasteiger partial charge in [-0.15, -0.1) is 0 Å². The highest BCUT2D eigenvalue weighted by Gasteiger charge is 2.18. The minimum atomic E-state index is 0.00632. The van der Waals surface area contributed by atoms with Crippen LogP contribution in [0.2, 0.25) is 0 Å². The topological polar surface area (TPSA) is 57.2 Å². The summed E-state index contributed by atoms with van der Waals surface area (Å²) in [6, 6.07) is 10.4. The molecule has 0 spiro atoms. The van der Waals surface area contributed by atoms with E-state index in [1.807, 2.05) is 13.1 Å². The minimum Gasteiger partial charge on any atom is -0.381 e. The first kappa shape index (κ1) is 20.2. The second kappa shape index (κ2) is 10.8. The molecular weight excluding hydrogens is 328 g/mol. The lowest BCUT2D eigenvalue weighted by Crippen LogP contribution is -2.43. The number of guanidine groups is 1. The number of aliphatic imine (C=N–C) groups is 1. The van der Waals surface area contributed by atoms with Gasteiger partial charge in [0.2, 0.25) is 5.91 Å². The summed E-state index contributed by atoms with van der Waals surface area (Å²) in [6.45, 7) is 3.56. The summed E-state index contributed by atoms with van der Waals surface area (Å²) in [5.74, 6) is 1.41. The van der Waals surface area contributed by atoms with Crippen molar-refractivity contribution in [1.82, 2.24) is 15.1 Å². The van der Waals surface area contributed by atoms with Gasteiger partial charge in [0.05, 0.1) is 0 Å². The van der Waals surface area contributed by atoms with E-state index in [0.717, 1.165) is 51.5 Å². The number of nitrogens with one attached hydrogen (secondary N) is 1. The largest absolute Gasteiger partial charge is 0.381 e. The maximum absolute atomic E-state index is 11.9. The quantitative estimate of drug-likeness (QED) is 0.593. The number of nitrogens with zero attached hydrogens (tertiary/aromatic N) is 3. The Balaban J connectivity index is 1.92. The summed E-state index contributed by atoms with van der Waals surface area (Å²) in [6.07, 6.45) is 3.09. The molecule has 0 aliphatic carbocycles. The maximum atomic E-state index is 11.9. The zero-order chi connectivity index (χ0) is 18.8. The van der Waals surface area contributed by atoms with E-state index >= 15 is 0 Å². The molecule has 26 heavy (non-hydrogen) atoms. The molecule has 1 heterocycles. The van der Waals surface area contributed by atoms with Crippen LogP contribution in [0.25, 0.3) is 0 Å². The van der Waals surface area contributed by atoms with Gasteiger partial charge in [0.1, 0.15) is 6.54 Å². The number of likely N-dealkylation sites (N-methyl/N-ethyl adjacent to an activating group) is 1. The molecule has 1 aromatic carbocycles. The van der Waals surface area contributed by atoms with E-state index in [0.29, 0.717) is 5.92 Å². The minimum absolute atomic E-state index is 0.00632. The summed E-state index contributed by atoms with van der Waals surface area (Å²) in [5, 5.41) is 3.43. The third kappa shape index (κ3) is 7.04. The fourth-order valence-corrected chi connectivity index (χ4v) is 2.96. The fraction of sp³-hybridized carbons (Fsp3) is 0.600. The van der Waals surface area contributed by atoms with Crippen LogP contribution in [0.1, 0.15) is 18.4 Å². The molecule has 6 nitrogen and oxygen atoms in total. The lowest BCUT2D eigenvalue weighted by atomic mass is 10.00. The van der Waals surface area contributed by atoms with Gasteiger partial charge in [-0.05, 0) is 30.7 Å². The normalized spacial score (nSPS) is 15.6. The van der Waals surface area contributed by atoms with Gasteiger partial charge in [-0.1, -0.05) is 30.3 Å². The lowest BCUT2D eigenvalue weighted by molar-refractivity contribution is -0.127. The average Bonchev–Trinajstić information content (AvgIpc) is 2.65. The van der Waals surface area contributed by atoms with Gasteiger partial charge in [-0.3, -0.25) is 4.79 Å². The predicted octanol–water partition coefficient (Wildman–Crippen LogP) is 1.62. The van der Waals surface area contributed by atoms with Crippen molar-refractivity contribution >= 4 is 11.9 Å². The lowest BCUT2D eigenvalue weighted by Gasteiger charge is -2.29. The number of benzene rings is 1. The third-order valence-electron chi connectivity index (χ3n) is 4.64. The smallest absolute Gasteiger partial charge is 0.243 e. The number of carbonyl (C=O) groups excluding carboxylic acids is 1. The number of amides is 1. The summed E-state index contributed by atoms with van der Waals surface area (Å²) in [7, 11) is 5.56. The van der Waals surface area contributed by atoms with Crippen molar-refractivity contribution in [3.8, 4) is 0 Å². The van der Waals surface area contributed by atoms with Crippen LogP contribution in [-0.4, -0.2) is 75.7 Å². The molecule has 1 amide bonds. The van der Waals surface area contributed by atoms with Crippen molar-refractivity contribution in [3.05, 3.63) is 35.9 Å². The van der Waals surface area contributed by atoms with E-state index < -0.39 is 0 Å². The van der Waals surface area contributed by atoms with Crippen molar-refractivity contribution in [2.45, 2.75) is 19.3 Å². The molecule has 0 atom stereocenters. The Hall–Kier alpha value is -2.08. The molecule has 144 valence electrons. The monoisotopic (exact) mass is 360 g/mol. The number of hydrogen-bond acceptors (Lipinski definition) is 3. The highest BCUT2D eigenvalue weighted by atomic mass is 16.5. The van der Waals surface area contributed by atoms with Crippen molar-refractivity contribution in [1.29, 1.82) is 0 Å². The summed E-state index contributed by atoms with van der Waals surface area (Å²) >= 11 is 0. The molecule has 0 radical (unpaired) electrons. The van der Waals surface area contributed by atoms with E-state index in [1.54, 1.807) is 19.0 Å². The second-order valence-corrected chi connectivity index (χ2v) is 7.03. The first-order chi connectivity index (χ1) is 12.6. The number of rotatable bonds is 7. The molecule has 1 N–H and O–H groups in total.